The molecular formula is C21H24FN5. The average molecular weight is 365 g/mol. The van der Waals surface area contributed by atoms with Gasteiger partial charge < -0.3 is 10.6 Å². The Morgan fingerprint density at radius 2 is 1.74 bits per heavy atom. The molecule has 0 aliphatic rings. The molecule has 1 heterocycles. The van der Waals surface area contributed by atoms with Crippen LogP contribution in [-0.4, -0.2) is 29.3 Å². The van der Waals surface area contributed by atoms with Crippen LogP contribution in [0.1, 0.15) is 16.7 Å². The maximum absolute atomic E-state index is 13.7. The van der Waals surface area contributed by atoms with Gasteiger partial charge in [-0.3, -0.25) is 9.67 Å². The molecule has 27 heavy (non-hydrogen) atoms. The molecule has 0 aliphatic heterocycles. The first-order valence-electron chi connectivity index (χ1n) is 8.98. The van der Waals surface area contributed by atoms with Gasteiger partial charge in [0.2, 0.25) is 0 Å². The second-order valence-electron chi connectivity index (χ2n) is 6.17. The van der Waals surface area contributed by atoms with Crippen molar-refractivity contribution in [3.05, 3.63) is 89.5 Å². The summed E-state index contributed by atoms with van der Waals surface area (Å²) in [6.07, 6.45) is 4.33. The Labute approximate surface area is 159 Å². The molecule has 0 spiro atoms. The maximum Gasteiger partial charge on any atom is 0.191 e. The minimum Gasteiger partial charge on any atom is -0.356 e. The highest BCUT2D eigenvalue weighted by Crippen LogP contribution is 2.10. The van der Waals surface area contributed by atoms with Gasteiger partial charge in [0.05, 0.1) is 6.54 Å². The predicted molar refractivity (Wildman–Crippen MR) is 106 cm³/mol. The van der Waals surface area contributed by atoms with E-state index in [0.717, 1.165) is 6.54 Å². The third-order valence-electron chi connectivity index (χ3n) is 4.32. The van der Waals surface area contributed by atoms with E-state index in [-0.39, 0.29) is 5.82 Å². The summed E-state index contributed by atoms with van der Waals surface area (Å²) in [5, 5.41) is 10.8. The van der Waals surface area contributed by atoms with Crippen molar-refractivity contribution >= 4 is 5.96 Å². The molecule has 2 N–H and O–H groups in total. The van der Waals surface area contributed by atoms with E-state index in [1.54, 1.807) is 25.4 Å². The van der Waals surface area contributed by atoms with Gasteiger partial charge in [-0.2, -0.15) is 5.10 Å². The Hall–Kier alpha value is -3.15. The Balaban J connectivity index is 1.53. The zero-order valence-electron chi connectivity index (χ0n) is 15.4. The molecule has 1 aromatic heterocycles. The van der Waals surface area contributed by atoms with E-state index in [9.17, 15) is 4.39 Å². The highest BCUT2D eigenvalue weighted by atomic mass is 19.1. The van der Waals surface area contributed by atoms with Gasteiger partial charge >= 0.3 is 0 Å². The zero-order valence-corrected chi connectivity index (χ0v) is 15.4. The van der Waals surface area contributed by atoms with E-state index in [1.807, 2.05) is 35.1 Å². The molecule has 3 rings (SSSR count). The summed E-state index contributed by atoms with van der Waals surface area (Å²) in [6.45, 7) is 1.98. The smallest absolute Gasteiger partial charge is 0.191 e. The molecule has 0 aliphatic carbocycles. The lowest BCUT2D eigenvalue weighted by Gasteiger charge is -2.14. The van der Waals surface area contributed by atoms with Crippen LogP contribution in [-0.2, 0) is 19.5 Å². The molecule has 5 nitrogen and oxygen atoms in total. The molecular weight excluding hydrogens is 341 g/mol. The van der Waals surface area contributed by atoms with Crippen molar-refractivity contribution in [3.8, 4) is 0 Å². The summed E-state index contributed by atoms with van der Waals surface area (Å²) in [6, 6.07) is 17.0. The van der Waals surface area contributed by atoms with Crippen molar-refractivity contribution in [2.75, 3.05) is 13.6 Å². The quantitative estimate of drug-likeness (QED) is 0.500. The molecule has 0 radical (unpaired) electrons. The van der Waals surface area contributed by atoms with Gasteiger partial charge in [0, 0.05) is 32.5 Å². The number of nitrogens with zero attached hydrogens (tertiary/aromatic N) is 3. The Bertz CT molecular complexity index is 874. The fourth-order valence-electron chi connectivity index (χ4n) is 2.87. The monoisotopic (exact) mass is 365 g/mol. The van der Waals surface area contributed by atoms with Crippen LogP contribution in [0.5, 0.6) is 0 Å². The van der Waals surface area contributed by atoms with Gasteiger partial charge in [0.1, 0.15) is 5.82 Å². The van der Waals surface area contributed by atoms with Crippen LogP contribution in [0.2, 0.25) is 0 Å². The zero-order chi connectivity index (χ0) is 18.9. The highest BCUT2D eigenvalue weighted by molar-refractivity contribution is 5.79. The van der Waals surface area contributed by atoms with Crippen LogP contribution in [0.15, 0.2) is 72.0 Å². The highest BCUT2D eigenvalue weighted by Gasteiger charge is 2.05. The van der Waals surface area contributed by atoms with E-state index >= 15 is 0 Å². The Morgan fingerprint density at radius 1 is 1.00 bits per heavy atom. The van der Waals surface area contributed by atoms with Crippen molar-refractivity contribution in [3.63, 3.8) is 0 Å². The fraction of sp³-hybridized carbons (Fsp3) is 0.238. The van der Waals surface area contributed by atoms with E-state index in [0.29, 0.717) is 31.0 Å². The van der Waals surface area contributed by atoms with Crippen molar-refractivity contribution in [1.29, 1.82) is 0 Å². The molecule has 0 fully saturated rings. The van der Waals surface area contributed by atoms with Crippen molar-refractivity contribution in [2.24, 2.45) is 4.99 Å². The number of halogens is 1. The first-order valence-corrected chi connectivity index (χ1v) is 8.98. The summed E-state index contributed by atoms with van der Waals surface area (Å²) in [5.41, 5.74) is 3.09. The summed E-state index contributed by atoms with van der Waals surface area (Å²) < 4.78 is 15.6. The Morgan fingerprint density at radius 3 is 2.44 bits per heavy atom. The van der Waals surface area contributed by atoms with E-state index in [2.05, 4.69) is 32.9 Å². The number of hydrogen-bond acceptors (Lipinski definition) is 2. The maximum atomic E-state index is 13.7. The molecule has 6 heteroatoms. The number of rotatable bonds is 7. The average Bonchev–Trinajstić information content (AvgIpc) is 3.20. The molecule has 3 aromatic rings. The molecule has 2 aromatic carbocycles. The molecule has 0 saturated heterocycles. The number of aliphatic imine (C=N–C) groups is 1. The van der Waals surface area contributed by atoms with Gasteiger partial charge in [0.25, 0.3) is 0 Å². The van der Waals surface area contributed by atoms with E-state index < -0.39 is 0 Å². The van der Waals surface area contributed by atoms with Crippen molar-refractivity contribution in [2.45, 2.75) is 19.5 Å². The Kier molecular flexibility index (Phi) is 6.57. The topological polar surface area (TPSA) is 54.2 Å². The SMILES string of the molecule is CN=C(NCCc1ccccc1F)NCc1ccccc1Cn1cccn1. The minimum atomic E-state index is -0.171. The lowest BCUT2D eigenvalue weighted by Crippen LogP contribution is -2.38. The second-order valence-corrected chi connectivity index (χ2v) is 6.17. The molecule has 0 bridgehead atoms. The second kappa shape index (κ2) is 9.52. The van der Waals surface area contributed by atoms with Gasteiger partial charge in [-0.1, -0.05) is 42.5 Å². The van der Waals surface area contributed by atoms with Gasteiger partial charge in [0.15, 0.2) is 5.96 Å². The summed E-state index contributed by atoms with van der Waals surface area (Å²) in [4.78, 5) is 4.25. The summed E-state index contributed by atoms with van der Waals surface area (Å²) in [7, 11) is 1.73. The summed E-state index contributed by atoms with van der Waals surface area (Å²) >= 11 is 0. The molecule has 140 valence electrons. The molecule has 0 atom stereocenters. The van der Waals surface area contributed by atoms with Crippen LogP contribution < -0.4 is 10.6 Å². The van der Waals surface area contributed by atoms with Gasteiger partial charge in [-0.05, 0) is 35.2 Å². The predicted octanol–water partition coefficient (Wildman–Crippen LogP) is 2.98. The van der Waals surface area contributed by atoms with Gasteiger partial charge in [-0.15, -0.1) is 0 Å². The first-order chi connectivity index (χ1) is 13.3. The lowest BCUT2D eigenvalue weighted by atomic mass is 10.1. The van der Waals surface area contributed by atoms with Crippen LogP contribution >= 0.6 is 0 Å². The van der Waals surface area contributed by atoms with Gasteiger partial charge in [-0.25, -0.2) is 4.39 Å². The largest absolute Gasteiger partial charge is 0.356 e. The molecule has 0 amide bonds. The van der Waals surface area contributed by atoms with Crippen LogP contribution in [0.4, 0.5) is 4.39 Å². The normalized spacial score (nSPS) is 11.4. The molecule has 0 unspecified atom stereocenters. The number of hydrogen-bond donors (Lipinski definition) is 2. The minimum absolute atomic E-state index is 0.171. The number of nitrogens with one attached hydrogen (secondary N) is 2. The first kappa shape index (κ1) is 18.6. The van der Waals surface area contributed by atoms with Crippen molar-refractivity contribution < 1.29 is 4.39 Å². The fourth-order valence-corrected chi connectivity index (χ4v) is 2.87. The van der Waals surface area contributed by atoms with Crippen LogP contribution in [0, 0.1) is 5.82 Å². The molecule has 0 saturated carbocycles. The third kappa shape index (κ3) is 5.41. The third-order valence-corrected chi connectivity index (χ3v) is 4.32. The van der Waals surface area contributed by atoms with Crippen molar-refractivity contribution in [1.82, 2.24) is 20.4 Å². The van der Waals surface area contributed by atoms with Crippen LogP contribution in [0.25, 0.3) is 0 Å². The lowest BCUT2D eigenvalue weighted by molar-refractivity contribution is 0.606. The van der Waals surface area contributed by atoms with E-state index in [1.165, 1.54) is 17.2 Å². The number of benzene rings is 2. The van der Waals surface area contributed by atoms with Crippen LogP contribution in [0.3, 0.4) is 0 Å². The standard InChI is InChI=1S/C21H24FN5/c1-23-21(24-13-11-17-7-4-5-10-20(17)22)25-15-18-8-2-3-9-19(18)16-27-14-6-12-26-27/h2-10,12,14H,11,13,15-16H2,1H3,(H2,23,24,25). The number of guanidine groups is 1. The van der Waals surface area contributed by atoms with E-state index in [4.69, 9.17) is 0 Å². The number of aromatic nitrogens is 2. The summed E-state index contributed by atoms with van der Waals surface area (Å²) in [5.74, 6) is 0.523.